The van der Waals surface area contributed by atoms with E-state index in [-0.39, 0.29) is 17.9 Å². The van der Waals surface area contributed by atoms with Crippen LogP contribution in [0.3, 0.4) is 0 Å². The van der Waals surface area contributed by atoms with Crippen molar-refractivity contribution in [1.29, 1.82) is 0 Å². The molecule has 0 saturated heterocycles. The maximum absolute atomic E-state index is 13.0. The Morgan fingerprint density at radius 1 is 1.54 bits per heavy atom. The number of nitrogens with two attached hydrogens (primary N) is 1. The largest absolute Gasteiger partial charge is 0.508 e. The molecule has 0 aromatic heterocycles. The SMILES string of the molecule is Cc1cc(O)c([C@@H](N)CO)cc1F. The van der Waals surface area contributed by atoms with Crippen LogP contribution in [0.15, 0.2) is 12.1 Å². The van der Waals surface area contributed by atoms with Gasteiger partial charge < -0.3 is 15.9 Å². The van der Waals surface area contributed by atoms with Gasteiger partial charge in [-0.05, 0) is 24.6 Å². The zero-order valence-corrected chi connectivity index (χ0v) is 7.29. The third kappa shape index (κ3) is 1.96. The Kier molecular flexibility index (Phi) is 2.85. The van der Waals surface area contributed by atoms with Crippen LogP contribution in [0.5, 0.6) is 5.75 Å². The molecule has 0 saturated carbocycles. The summed E-state index contributed by atoms with van der Waals surface area (Å²) in [6.07, 6.45) is 0. The summed E-state index contributed by atoms with van der Waals surface area (Å²) in [6, 6.07) is 1.70. The number of hydrogen-bond acceptors (Lipinski definition) is 3. The second-order valence-corrected chi connectivity index (χ2v) is 2.95. The molecule has 0 aliphatic heterocycles. The molecule has 4 N–H and O–H groups in total. The molecule has 0 unspecified atom stereocenters. The van der Waals surface area contributed by atoms with Gasteiger partial charge >= 0.3 is 0 Å². The van der Waals surface area contributed by atoms with Crippen molar-refractivity contribution < 1.29 is 14.6 Å². The molecule has 0 heterocycles. The number of phenolic OH excluding ortho intramolecular Hbond substituents is 1. The van der Waals surface area contributed by atoms with E-state index < -0.39 is 11.9 Å². The van der Waals surface area contributed by atoms with Crippen molar-refractivity contribution in [1.82, 2.24) is 0 Å². The summed E-state index contributed by atoms with van der Waals surface area (Å²) in [6.45, 7) is 1.22. The Bertz CT molecular complexity index is 315. The fourth-order valence-corrected chi connectivity index (χ4v) is 1.08. The summed E-state index contributed by atoms with van der Waals surface area (Å²) < 4.78 is 13.0. The summed E-state index contributed by atoms with van der Waals surface area (Å²) in [5.74, 6) is -0.517. The zero-order chi connectivity index (χ0) is 10.0. The van der Waals surface area contributed by atoms with Gasteiger partial charge in [-0.3, -0.25) is 0 Å². The molecule has 1 aromatic rings. The first-order chi connectivity index (χ1) is 6.06. The molecule has 0 fully saturated rings. The van der Waals surface area contributed by atoms with E-state index in [2.05, 4.69) is 0 Å². The average Bonchev–Trinajstić information content (AvgIpc) is 2.10. The van der Waals surface area contributed by atoms with Crippen LogP contribution in [-0.2, 0) is 0 Å². The van der Waals surface area contributed by atoms with Gasteiger partial charge in [0.25, 0.3) is 0 Å². The number of aryl methyl sites for hydroxylation is 1. The molecule has 1 aromatic carbocycles. The number of halogens is 1. The molecule has 72 valence electrons. The van der Waals surface area contributed by atoms with Gasteiger partial charge in [-0.1, -0.05) is 0 Å². The molecule has 13 heavy (non-hydrogen) atoms. The quantitative estimate of drug-likeness (QED) is 0.639. The highest BCUT2D eigenvalue weighted by Crippen LogP contribution is 2.25. The molecule has 0 spiro atoms. The van der Waals surface area contributed by atoms with Crippen LogP contribution in [0.25, 0.3) is 0 Å². The number of aliphatic hydroxyl groups is 1. The number of phenols is 1. The van der Waals surface area contributed by atoms with Crippen molar-refractivity contribution in [3.8, 4) is 5.75 Å². The van der Waals surface area contributed by atoms with Crippen molar-refractivity contribution in [2.45, 2.75) is 13.0 Å². The summed E-state index contributed by atoms with van der Waals surface area (Å²) in [5, 5.41) is 18.1. The summed E-state index contributed by atoms with van der Waals surface area (Å²) in [4.78, 5) is 0. The van der Waals surface area contributed by atoms with Crippen LogP contribution < -0.4 is 5.73 Å². The third-order valence-electron chi connectivity index (χ3n) is 1.90. The lowest BCUT2D eigenvalue weighted by molar-refractivity contribution is 0.265. The molecular weight excluding hydrogens is 173 g/mol. The van der Waals surface area contributed by atoms with Crippen LogP contribution in [0.2, 0.25) is 0 Å². The Morgan fingerprint density at radius 3 is 2.69 bits per heavy atom. The Hall–Kier alpha value is -1.13. The Labute approximate surface area is 75.6 Å². The number of aliphatic hydroxyl groups excluding tert-OH is 1. The topological polar surface area (TPSA) is 66.5 Å². The van der Waals surface area contributed by atoms with Crippen molar-refractivity contribution >= 4 is 0 Å². The van der Waals surface area contributed by atoms with Crippen LogP contribution in [0.4, 0.5) is 4.39 Å². The van der Waals surface area contributed by atoms with Gasteiger partial charge in [0.05, 0.1) is 12.6 Å². The van der Waals surface area contributed by atoms with Gasteiger partial charge in [0.2, 0.25) is 0 Å². The first kappa shape index (κ1) is 9.95. The molecule has 1 rings (SSSR count). The van der Waals surface area contributed by atoms with Crippen molar-refractivity contribution in [3.63, 3.8) is 0 Å². The Morgan fingerprint density at radius 2 is 2.15 bits per heavy atom. The van der Waals surface area contributed by atoms with Gasteiger partial charge in [0, 0.05) is 5.56 Å². The molecule has 0 aliphatic carbocycles. The Balaban J connectivity index is 3.15. The fraction of sp³-hybridized carbons (Fsp3) is 0.333. The van der Waals surface area contributed by atoms with E-state index in [0.29, 0.717) is 5.56 Å². The second kappa shape index (κ2) is 3.72. The van der Waals surface area contributed by atoms with Crippen LogP contribution >= 0.6 is 0 Å². The molecular formula is C9H12FNO2. The third-order valence-corrected chi connectivity index (χ3v) is 1.90. The lowest BCUT2D eigenvalue weighted by Gasteiger charge is -2.11. The maximum atomic E-state index is 13.0. The first-order valence-corrected chi connectivity index (χ1v) is 3.91. The van der Waals surface area contributed by atoms with Gasteiger partial charge in [-0.2, -0.15) is 0 Å². The normalized spacial score (nSPS) is 12.9. The van der Waals surface area contributed by atoms with Gasteiger partial charge in [0.15, 0.2) is 0 Å². The lowest BCUT2D eigenvalue weighted by Crippen LogP contribution is -2.15. The van der Waals surface area contributed by atoms with E-state index >= 15 is 0 Å². The molecule has 0 amide bonds. The zero-order valence-electron chi connectivity index (χ0n) is 7.29. The number of rotatable bonds is 2. The molecule has 0 radical (unpaired) electrons. The van der Waals surface area contributed by atoms with E-state index in [4.69, 9.17) is 10.8 Å². The number of hydrogen-bond donors (Lipinski definition) is 3. The van der Waals surface area contributed by atoms with Crippen LogP contribution in [0.1, 0.15) is 17.2 Å². The average molecular weight is 185 g/mol. The number of aromatic hydroxyl groups is 1. The van der Waals surface area contributed by atoms with E-state index in [1.165, 1.54) is 6.07 Å². The minimum atomic E-state index is -0.741. The molecule has 4 heteroatoms. The molecule has 1 atom stereocenters. The van der Waals surface area contributed by atoms with E-state index in [9.17, 15) is 9.50 Å². The lowest BCUT2D eigenvalue weighted by atomic mass is 10.0. The van der Waals surface area contributed by atoms with Crippen molar-refractivity contribution in [2.75, 3.05) is 6.61 Å². The van der Waals surface area contributed by atoms with Crippen LogP contribution in [-0.4, -0.2) is 16.8 Å². The summed E-state index contributed by atoms with van der Waals surface area (Å²) in [5.41, 5.74) is 6.02. The summed E-state index contributed by atoms with van der Waals surface area (Å²) >= 11 is 0. The monoisotopic (exact) mass is 185 g/mol. The first-order valence-electron chi connectivity index (χ1n) is 3.91. The molecule has 3 nitrogen and oxygen atoms in total. The van der Waals surface area contributed by atoms with E-state index in [1.807, 2.05) is 0 Å². The highest BCUT2D eigenvalue weighted by molar-refractivity contribution is 5.38. The fourth-order valence-electron chi connectivity index (χ4n) is 1.08. The number of benzene rings is 1. The van der Waals surface area contributed by atoms with Gasteiger partial charge in [0.1, 0.15) is 11.6 Å². The summed E-state index contributed by atoms with van der Waals surface area (Å²) in [7, 11) is 0. The van der Waals surface area contributed by atoms with Gasteiger partial charge in [-0.25, -0.2) is 4.39 Å². The van der Waals surface area contributed by atoms with E-state index in [1.54, 1.807) is 6.92 Å². The maximum Gasteiger partial charge on any atom is 0.126 e. The van der Waals surface area contributed by atoms with Crippen molar-refractivity contribution in [3.05, 3.63) is 29.1 Å². The predicted molar refractivity (Wildman–Crippen MR) is 46.8 cm³/mol. The standard InChI is InChI=1S/C9H12FNO2/c1-5-2-9(13)6(3-7(5)10)8(11)4-12/h2-3,8,12-13H,4,11H2,1H3/t8-/m0/s1. The predicted octanol–water partition coefficient (Wildman–Crippen LogP) is 0.832. The molecule has 0 bridgehead atoms. The van der Waals surface area contributed by atoms with E-state index in [0.717, 1.165) is 6.07 Å². The second-order valence-electron chi connectivity index (χ2n) is 2.95. The molecule has 0 aliphatic rings. The highest BCUT2D eigenvalue weighted by Gasteiger charge is 2.12. The smallest absolute Gasteiger partial charge is 0.126 e. The highest BCUT2D eigenvalue weighted by atomic mass is 19.1. The van der Waals surface area contributed by atoms with Gasteiger partial charge in [-0.15, -0.1) is 0 Å². The van der Waals surface area contributed by atoms with Crippen LogP contribution in [0, 0.1) is 12.7 Å². The minimum absolute atomic E-state index is 0.0829. The minimum Gasteiger partial charge on any atom is -0.508 e. The van der Waals surface area contributed by atoms with Crippen molar-refractivity contribution in [2.24, 2.45) is 5.73 Å².